The molecule has 2 aliphatic rings. The van der Waals surface area contributed by atoms with Crippen molar-refractivity contribution in [3.63, 3.8) is 0 Å². The van der Waals surface area contributed by atoms with E-state index in [1.165, 1.54) is 17.7 Å². The van der Waals surface area contributed by atoms with Crippen LogP contribution in [0.4, 0.5) is 0 Å². The summed E-state index contributed by atoms with van der Waals surface area (Å²) in [5.41, 5.74) is 2.38. The number of dihydropyridines is 1. The van der Waals surface area contributed by atoms with E-state index >= 15 is 0 Å². The van der Waals surface area contributed by atoms with Gasteiger partial charge in [-0.1, -0.05) is 6.58 Å². The lowest BCUT2D eigenvalue weighted by Gasteiger charge is -2.28. The van der Waals surface area contributed by atoms with Crippen molar-refractivity contribution in [1.29, 1.82) is 0 Å². The van der Waals surface area contributed by atoms with Crippen LogP contribution in [0.25, 0.3) is 0 Å². The van der Waals surface area contributed by atoms with Gasteiger partial charge < -0.3 is 15.0 Å². The molecule has 2 N–H and O–H groups in total. The molecule has 0 atom stereocenters. The molecule has 0 saturated heterocycles. The predicted molar refractivity (Wildman–Crippen MR) is 93.4 cm³/mol. The second-order valence-electron chi connectivity index (χ2n) is 6.36. The van der Waals surface area contributed by atoms with Gasteiger partial charge in [0.05, 0.1) is 11.1 Å². The van der Waals surface area contributed by atoms with Crippen LogP contribution in [0.2, 0.25) is 0 Å². The minimum absolute atomic E-state index is 0.0447. The lowest BCUT2D eigenvalue weighted by Crippen LogP contribution is -2.38. The summed E-state index contributed by atoms with van der Waals surface area (Å²) in [4.78, 5) is 38.4. The summed E-state index contributed by atoms with van der Waals surface area (Å²) in [6, 6.07) is 1.42. The molecule has 2 heterocycles. The van der Waals surface area contributed by atoms with E-state index in [2.05, 4.69) is 11.9 Å². The number of unbranched alkanes of at least 4 members (excludes halogenated alkanes) is 1. The predicted octanol–water partition coefficient (Wildman–Crippen LogP) is 1.40. The Balaban J connectivity index is 2.22. The zero-order chi connectivity index (χ0) is 18.3. The van der Waals surface area contributed by atoms with Gasteiger partial charge in [0.1, 0.15) is 11.4 Å². The summed E-state index contributed by atoms with van der Waals surface area (Å²) < 4.78 is 1.23. The van der Waals surface area contributed by atoms with Crippen LogP contribution in [0.5, 0.6) is 0 Å². The summed E-state index contributed by atoms with van der Waals surface area (Å²) in [6.07, 6.45) is 3.39. The number of rotatable bonds is 4. The Hall–Kier alpha value is -2.73. The number of hydrogen-bond acceptors (Lipinski definition) is 5. The highest BCUT2D eigenvalue weighted by Crippen LogP contribution is 2.33. The second-order valence-corrected chi connectivity index (χ2v) is 6.36. The third-order valence-corrected chi connectivity index (χ3v) is 4.59. The second kappa shape index (κ2) is 6.29. The Morgan fingerprint density at radius 3 is 2.60 bits per heavy atom. The molecule has 0 amide bonds. The van der Waals surface area contributed by atoms with Crippen LogP contribution in [0.1, 0.15) is 46.2 Å². The van der Waals surface area contributed by atoms with Crippen LogP contribution in [0.3, 0.4) is 0 Å². The van der Waals surface area contributed by atoms with Gasteiger partial charge in [-0.25, -0.2) is 0 Å². The van der Waals surface area contributed by atoms with Gasteiger partial charge in [0.15, 0.2) is 5.78 Å². The van der Waals surface area contributed by atoms with Crippen molar-refractivity contribution in [2.24, 2.45) is 7.05 Å². The van der Waals surface area contributed by atoms with Crippen LogP contribution >= 0.6 is 0 Å². The van der Waals surface area contributed by atoms with E-state index < -0.39 is 0 Å². The first-order valence-corrected chi connectivity index (χ1v) is 8.18. The highest BCUT2D eigenvalue weighted by atomic mass is 16.3. The first-order valence-electron chi connectivity index (χ1n) is 8.18. The maximum absolute atomic E-state index is 13.1. The molecule has 130 valence electrons. The number of hydrogen-bond donors (Lipinski definition) is 2. The molecule has 6 nitrogen and oxygen atoms in total. The number of nitrogens with zero attached hydrogens (tertiary/aromatic N) is 1. The highest BCUT2D eigenvalue weighted by molar-refractivity contribution is 6.28. The molecule has 0 radical (unpaired) electrons. The number of fused-ring (bicyclic) bond motifs is 1. The van der Waals surface area contributed by atoms with E-state index in [1.54, 1.807) is 13.0 Å². The average Bonchev–Trinajstić information content (AvgIpc) is 2.55. The normalized spacial score (nSPS) is 16.4. The fourth-order valence-corrected chi connectivity index (χ4v) is 3.39. The van der Waals surface area contributed by atoms with E-state index in [4.69, 9.17) is 5.11 Å². The van der Waals surface area contributed by atoms with Gasteiger partial charge in [-0.05, 0) is 43.4 Å². The smallest absolute Gasteiger partial charge is 0.251 e. The van der Waals surface area contributed by atoms with E-state index in [-0.39, 0.29) is 35.1 Å². The van der Waals surface area contributed by atoms with E-state index in [1.807, 2.05) is 0 Å². The quantitative estimate of drug-likeness (QED) is 0.809. The van der Waals surface area contributed by atoms with Gasteiger partial charge in [-0.3, -0.25) is 14.4 Å². The van der Waals surface area contributed by atoms with Crippen LogP contribution in [-0.2, 0) is 13.5 Å². The minimum atomic E-state index is -0.373. The SMILES string of the molecule is C=C1C=C(C)C2=C(N1)C(=O)c1c(c(CCCCO)cc(=O)n1C)C2=O. The Bertz CT molecular complexity index is 931. The molecular weight excluding hydrogens is 320 g/mol. The van der Waals surface area contributed by atoms with Gasteiger partial charge in [-0.2, -0.15) is 0 Å². The molecule has 0 bridgehead atoms. The Kier molecular flexibility index (Phi) is 4.30. The summed E-state index contributed by atoms with van der Waals surface area (Å²) in [5, 5.41) is 11.8. The summed E-state index contributed by atoms with van der Waals surface area (Å²) in [6.45, 7) is 5.61. The zero-order valence-corrected chi connectivity index (χ0v) is 14.3. The number of nitrogens with one attached hydrogen (secondary N) is 1. The molecule has 0 fully saturated rings. The van der Waals surface area contributed by atoms with Crippen LogP contribution in [-0.4, -0.2) is 27.8 Å². The molecule has 1 aliphatic heterocycles. The fraction of sp³-hybridized carbons (Fsp3) is 0.316. The molecule has 1 aromatic rings. The van der Waals surface area contributed by atoms with Crippen molar-refractivity contribution in [2.45, 2.75) is 26.2 Å². The van der Waals surface area contributed by atoms with Crippen molar-refractivity contribution >= 4 is 11.6 Å². The number of ketones is 2. The Morgan fingerprint density at radius 2 is 1.92 bits per heavy atom. The first kappa shape index (κ1) is 17.1. The molecule has 25 heavy (non-hydrogen) atoms. The number of allylic oxidation sites excluding steroid dienone is 4. The van der Waals surface area contributed by atoms with E-state index in [0.29, 0.717) is 47.2 Å². The van der Waals surface area contributed by atoms with E-state index in [9.17, 15) is 14.4 Å². The number of aromatic nitrogens is 1. The van der Waals surface area contributed by atoms with Crippen LogP contribution in [0.15, 0.2) is 46.1 Å². The average molecular weight is 340 g/mol. The molecule has 3 rings (SSSR count). The fourth-order valence-electron chi connectivity index (χ4n) is 3.39. The van der Waals surface area contributed by atoms with Gasteiger partial charge in [0, 0.05) is 25.4 Å². The van der Waals surface area contributed by atoms with Crippen molar-refractivity contribution in [3.8, 4) is 0 Å². The number of pyridine rings is 1. The van der Waals surface area contributed by atoms with Gasteiger partial charge >= 0.3 is 0 Å². The minimum Gasteiger partial charge on any atom is -0.396 e. The molecule has 0 aromatic carbocycles. The van der Waals surface area contributed by atoms with Crippen LogP contribution in [0, 0.1) is 0 Å². The van der Waals surface area contributed by atoms with Crippen molar-refractivity contribution < 1.29 is 14.7 Å². The monoisotopic (exact) mass is 340 g/mol. The Morgan fingerprint density at radius 1 is 1.20 bits per heavy atom. The summed E-state index contributed by atoms with van der Waals surface area (Å²) >= 11 is 0. The number of aliphatic hydroxyl groups is 1. The number of carbonyl (C=O) groups excluding carboxylic acids is 2. The topological polar surface area (TPSA) is 88.4 Å². The lowest BCUT2D eigenvalue weighted by molar-refractivity contribution is 0.0962. The lowest BCUT2D eigenvalue weighted by atomic mass is 9.82. The maximum Gasteiger partial charge on any atom is 0.251 e. The van der Waals surface area contributed by atoms with Gasteiger partial charge in [0.25, 0.3) is 5.56 Å². The summed E-state index contributed by atoms with van der Waals surface area (Å²) in [5.74, 6) is -0.630. The molecule has 1 aliphatic carbocycles. The first-order chi connectivity index (χ1) is 11.9. The van der Waals surface area contributed by atoms with Gasteiger partial charge in [-0.15, -0.1) is 0 Å². The number of Topliss-reactive ketones (excluding diaryl/α,β-unsaturated/α-hetero) is 2. The summed E-state index contributed by atoms with van der Waals surface area (Å²) in [7, 11) is 1.50. The maximum atomic E-state index is 13.1. The van der Waals surface area contributed by atoms with E-state index in [0.717, 1.165) is 0 Å². The third kappa shape index (κ3) is 2.68. The molecular formula is C19H20N2O4. The largest absolute Gasteiger partial charge is 0.396 e. The van der Waals surface area contributed by atoms with Crippen molar-refractivity contribution in [1.82, 2.24) is 9.88 Å². The van der Waals surface area contributed by atoms with Gasteiger partial charge in [0.2, 0.25) is 5.78 Å². The Labute approximate surface area is 145 Å². The standard InChI is InChI=1S/C19H20N2O4/c1-10-8-11(2)20-16-14(10)18(24)15-12(6-4-5-7-22)9-13(23)21(3)17(15)19(16)25/h8-9,20,22H,2,4-7H2,1,3H3. The molecule has 1 aromatic heterocycles. The molecule has 0 saturated carbocycles. The van der Waals surface area contributed by atoms with Crippen molar-refractivity contribution in [3.05, 3.63) is 68.4 Å². The number of aryl methyl sites for hydroxylation is 1. The molecule has 0 unspecified atom stereocenters. The zero-order valence-electron chi connectivity index (χ0n) is 14.3. The van der Waals surface area contributed by atoms with Crippen molar-refractivity contribution in [2.75, 3.05) is 6.61 Å². The third-order valence-electron chi connectivity index (χ3n) is 4.59. The molecule has 6 heteroatoms. The highest BCUT2D eigenvalue weighted by Gasteiger charge is 2.38. The molecule has 0 spiro atoms. The number of aliphatic hydroxyl groups excluding tert-OH is 1. The number of carbonyl (C=O) groups is 2. The van der Waals surface area contributed by atoms with Crippen LogP contribution < -0.4 is 10.9 Å².